The second-order valence-electron chi connectivity index (χ2n) is 7.12. The largest absolute Gasteiger partial charge is 0.389 e. The zero-order valence-electron chi connectivity index (χ0n) is 13.8. The third-order valence-corrected chi connectivity index (χ3v) is 4.86. The molecular formula is C17H29FN2O2. The maximum absolute atomic E-state index is 13.5. The van der Waals surface area contributed by atoms with Crippen molar-refractivity contribution < 1.29 is 14.3 Å². The molecule has 0 bridgehead atoms. The topological polar surface area (TPSA) is 52.6 Å². The Balaban J connectivity index is 1.76. The van der Waals surface area contributed by atoms with E-state index < -0.39 is 17.3 Å². The standard InChI is InChI=1S/C17H29FN2O2/c1-13(2)15(18)16(21)19-14-6-10-20(11-7-14)12-17(22)8-4-3-5-9-17/h14,22H,3-12H2,1-2H3,(H,19,21). The van der Waals surface area contributed by atoms with Crippen molar-refractivity contribution in [2.45, 2.75) is 70.4 Å². The summed E-state index contributed by atoms with van der Waals surface area (Å²) in [6, 6.07) is 0.0369. The summed E-state index contributed by atoms with van der Waals surface area (Å²) < 4.78 is 13.5. The van der Waals surface area contributed by atoms with E-state index in [1.54, 1.807) is 13.8 Å². The van der Waals surface area contributed by atoms with Crippen LogP contribution in [0.15, 0.2) is 11.4 Å². The highest BCUT2D eigenvalue weighted by molar-refractivity contribution is 5.91. The van der Waals surface area contributed by atoms with Crippen LogP contribution in [0.1, 0.15) is 58.8 Å². The number of rotatable bonds is 4. The van der Waals surface area contributed by atoms with E-state index in [0.717, 1.165) is 58.2 Å². The van der Waals surface area contributed by atoms with Gasteiger partial charge in [0.15, 0.2) is 5.83 Å². The van der Waals surface area contributed by atoms with E-state index in [1.165, 1.54) is 6.42 Å². The summed E-state index contributed by atoms with van der Waals surface area (Å²) in [5.41, 5.74) is -0.114. The zero-order valence-corrected chi connectivity index (χ0v) is 13.8. The number of likely N-dealkylation sites (tertiary alicyclic amines) is 1. The zero-order chi connectivity index (χ0) is 16.2. The Morgan fingerprint density at radius 3 is 2.36 bits per heavy atom. The molecule has 1 aliphatic heterocycles. The number of amides is 1. The Bertz CT molecular complexity index is 418. The van der Waals surface area contributed by atoms with E-state index in [9.17, 15) is 14.3 Å². The number of nitrogens with zero attached hydrogens (tertiary/aromatic N) is 1. The Morgan fingerprint density at radius 2 is 1.82 bits per heavy atom. The van der Waals surface area contributed by atoms with E-state index in [1.807, 2.05) is 0 Å². The van der Waals surface area contributed by atoms with Crippen LogP contribution in [0.2, 0.25) is 0 Å². The van der Waals surface area contributed by atoms with Crippen LogP contribution in [0.4, 0.5) is 4.39 Å². The molecule has 22 heavy (non-hydrogen) atoms. The lowest BCUT2D eigenvalue weighted by molar-refractivity contribution is -0.120. The average molecular weight is 312 g/mol. The molecule has 5 heteroatoms. The quantitative estimate of drug-likeness (QED) is 0.784. The molecule has 0 aromatic carbocycles. The highest BCUT2D eigenvalue weighted by Gasteiger charge is 2.33. The van der Waals surface area contributed by atoms with Crippen LogP contribution in [-0.4, -0.2) is 47.2 Å². The van der Waals surface area contributed by atoms with Gasteiger partial charge in [0.2, 0.25) is 0 Å². The minimum atomic E-state index is -0.668. The molecule has 1 saturated carbocycles. The summed E-state index contributed by atoms with van der Waals surface area (Å²) in [5.74, 6) is -1.26. The fourth-order valence-corrected chi connectivity index (χ4v) is 3.50. The molecule has 0 unspecified atom stereocenters. The van der Waals surface area contributed by atoms with Crippen molar-refractivity contribution in [1.82, 2.24) is 10.2 Å². The number of hydrogen-bond donors (Lipinski definition) is 2. The summed E-state index contributed by atoms with van der Waals surface area (Å²) in [4.78, 5) is 14.0. The molecule has 1 amide bonds. The van der Waals surface area contributed by atoms with Crippen LogP contribution in [-0.2, 0) is 4.79 Å². The normalized spacial score (nSPS) is 23.1. The molecule has 0 radical (unpaired) electrons. The van der Waals surface area contributed by atoms with E-state index in [-0.39, 0.29) is 6.04 Å². The van der Waals surface area contributed by atoms with E-state index in [0.29, 0.717) is 5.57 Å². The lowest BCUT2D eigenvalue weighted by Crippen LogP contribution is -2.50. The average Bonchev–Trinajstić information content (AvgIpc) is 2.48. The van der Waals surface area contributed by atoms with Crippen molar-refractivity contribution in [1.29, 1.82) is 0 Å². The van der Waals surface area contributed by atoms with Crippen molar-refractivity contribution in [3.05, 3.63) is 11.4 Å². The highest BCUT2D eigenvalue weighted by atomic mass is 19.1. The highest BCUT2D eigenvalue weighted by Crippen LogP contribution is 2.29. The number of piperidine rings is 1. The van der Waals surface area contributed by atoms with Crippen molar-refractivity contribution in [3.8, 4) is 0 Å². The fraction of sp³-hybridized carbons (Fsp3) is 0.824. The summed E-state index contributed by atoms with van der Waals surface area (Å²) in [5, 5.41) is 13.4. The van der Waals surface area contributed by atoms with Crippen LogP contribution >= 0.6 is 0 Å². The van der Waals surface area contributed by atoms with Crippen LogP contribution in [0, 0.1) is 0 Å². The van der Waals surface area contributed by atoms with E-state index >= 15 is 0 Å². The Kier molecular flexibility index (Phi) is 5.98. The number of allylic oxidation sites excluding steroid dienone is 1. The third-order valence-electron chi connectivity index (χ3n) is 4.86. The Hall–Kier alpha value is -0.940. The monoisotopic (exact) mass is 312 g/mol. The molecule has 0 spiro atoms. The lowest BCUT2D eigenvalue weighted by atomic mass is 9.84. The van der Waals surface area contributed by atoms with Crippen molar-refractivity contribution in [2.24, 2.45) is 0 Å². The van der Waals surface area contributed by atoms with Crippen LogP contribution < -0.4 is 5.32 Å². The van der Waals surface area contributed by atoms with Crippen molar-refractivity contribution in [2.75, 3.05) is 19.6 Å². The van der Waals surface area contributed by atoms with Gasteiger partial charge in [-0.2, -0.15) is 0 Å². The molecule has 0 atom stereocenters. The van der Waals surface area contributed by atoms with Crippen molar-refractivity contribution in [3.63, 3.8) is 0 Å². The van der Waals surface area contributed by atoms with Gasteiger partial charge in [0.25, 0.3) is 5.91 Å². The number of β-amino-alcohol motifs (C(OH)–C–C–N with tert-alkyl or cyclic N) is 1. The molecule has 1 heterocycles. The molecule has 2 N–H and O–H groups in total. The molecule has 126 valence electrons. The SMILES string of the molecule is CC(C)=C(F)C(=O)NC1CCN(CC2(O)CCCCC2)CC1. The smallest absolute Gasteiger partial charge is 0.280 e. The number of carbonyl (C=O) groups excluding carboxylic acids is 1. The first kappa shape index (κ1) is 17.4. The summed E-state index contributed by atoms with van der Waals surface area (Å²) in [7, 11) is 0. The first-order valence-corrected chi connectivity index (χ1v) is 8.48. The molecule has 2 aliphatic rings. The molecule has 1 saturated heterocycles. The van der Waals surface area contributed by atoms with Gasteiger partial charge in [0.1, 0.15) is 0 Å². The molecule has 0 aromatic rings. The second kappa shape index (κ2) is 7.55. The molecule has 4 nitrogen and oxygen atoms in total. The lowest BCUT2D eigenvalue weighted by Gasteiger charge is -2.40. The second-order valence-corrected chi connectivity index (χ2v) is 7.12. The van der Waals surface area contributed by atoms with E-state index in [4.69, 9.17) is 0 Å². The van der Waals surface area contributed by atoms with Crippen LogP contribution in [0.5, 0.6) is 0 Å². The number of hydrogen-bond acceptors (Lipinski definition) is 3. The van der Waals surface area contributed by atoms with Gasteiger partial charge in [-0.25, -0.2) is 4.39 Å². The molecule has 2 rings (SSSR count). The fourth-order valence-electron chi connectivity index (χ4n) is 3.50. The molecule has 2 fully saturated rings. The van der Waals surface area contributed by atoms with Gasteiger partial charge in [0, 0.05) is 25.7 Å². The van der Waals surface area contributed by atoms with Crippen LogP contribution in [0.3, 0.4) is 0 Å². The van der Waals surface area contributed by atoms with Gasteiger partial charge >= 0.3 is 0 Å². The van der Waals surface area contributed by atoms with Gasteiger partial charge < -0.3 is 15.3 Å². The van der Waals surface area contributed by atoms with E-state index in [2.05, 4.69) is 10.2 Å². The predicted molar refractivity (Wildman–Crippen MR) is 85.1 cm³/mol. The van der Waals surface area contributed by atoms with Crippen LogP contribution in [0.25, 0.3) is 0 Å². The Labute approximate surface area is 132 Å². The van der Waals surface area contributed by atoms with Crippen molar-refractivity contribution >= 4 is 5.91 Å². The maximum Gasteiger partial charge on any atom is 0.280 e. The van der Waals surface area contributed by atoms with Gasteiger partial charge in [-0.3, -0.25) is 4.79 Å². The molecule has 0 aromatic heterocycles. The molecular weight excluding hydrogens is 283 g/mol. The number of nitrogens with one attached hydrogen (secondary N) is 1. The predicted octanol–water partition coefficient (Wildman–Crippen LogP) is 2.53. The summed E-state index contributed by atoms with van der Waals surface area (Å²) in [6.07, 6.45) is 6.89. The van der Waals surface area contributed by atoms with Gasteiger partial charge in [-0.1, -0.05) is 19.3 Å². The summed E-state index contributed by atoms with van der Waals surface area (Å²) in [6.45, 7) is 5.63. The minimum absolute atomic E-state index is 0.0369. The first-order chi connectivity index (χ1) is 10.4. The summed E-state index contributed by atoms with van der Waals surface area (Å²) >= 11 is 0. The maximum atomic E-state index is 13.5. The number of carbonyl (C=O) groups is 1. The minimum Gasteiger partial charge on any atom is -0.389 e. The van der Waals surface area contributed by atoms with Gasteiger partial charge in [-0.15, -0.1) is 0 Å². The van der Waals surface area contributed by atoms with Gasteiger partial charge in [0.05, 0.1) is 5.60 Å². The number of halogens is 1. The number of aliphatic hydroxyl groups is 1. The molecule has 1 aliphatic carbocycles. The Morgan fingerprint density at radius 1 is 1.23 bits per heavy atom. The third kappa shape index (κ3) is 4.78. The first-order valence-electron chi connectivity index (χ1n) is 8.48. The van der Waals surface area contributed by atoms with Gasteiger partial charge in [-0.05, 0) is 45.1 Å².